The first kappa shape index (κ1) is 16.6. The van der Waals surface area contributed by atoms with Crippen LogP contribution in [0.5, 0.6) is 0 Å². The van der Waals surface area contributed by atoms with E-state index < -0.39 is 0 Å². The van der Waals surface area contributed by atoms with Gasteiger partial charge in [0.05, 0.1) is 21.8 Å². The number of piperidine rings is 1. The summed E-state index contributed by atoms with van der Waals surface area (Å²) < 4.78 is 6.77. The molecule has 5 nitrogen and oxygen atoms in total. The Morgan fingerprint density at radius 1 is 1.04 bits per heavy atom. The Balaban J connectivity index is 1.29. The van der Waals surface area contributed by atoms with E-state index in [1.807, 2.05) is 41.7 Å². The van der Waals surface area contributed by atoms with Crippen molar-refractivity contribution < 1.29 is 4.52 Å². The number of thiazole rings is 1. The molecular weight excluding hydrogens is 356 g/mol. The van der Waals surface area contributed by atoms with E-state index in [0.29, 0.717) is 24.2 Å². The monoisotopic (exact) mass is 376 g/mol. The second kappa shape index (κ2) is 7.21. The molecule has 0 radical (unpaired) electrons. The van der Waals surface area contributed by atoms with Gasteiger partial charge in [0.2, 0.25) is 11.7 Å². The van der Waals surface area contributed by atoms with Gasteiger partial charge in [-0.15, -0.1) is 11.3 Å². The Bertz CT molecular complexity index is 1010. The van der Waals surface area contributed by atoms with Gasteiger partial charge in [-0.1, -0.05) is 47.6 Å². The summed E-state index contributed by atoms with van der Waals surface area (Å²) in [5.41, 5.74) is 2.09. The molecule has 1 aliphatic heterocycles. The molecule has 1 unspecified atom stereocenters. The van der Waals surface area contributed by atoms with Gasteiger partial charge in [0.25, 0.3) is 0 Å². The topological polar surface area (TPSA) is 55.1 Å². The lowest BCUT2D eigenvalue weighted by Crippen LogP contribution is -2.33. The molecule has 1 saturated heterocycles. The molecule has 1 fully saturated rings. The van der Waals surface area contributed by atoms with Gasteiger partial charge in [0.15, 0.2) is 0 Å². The third-order valence-corrected chi connectivity index (χ3v) is 6.22. The summed E-state index contributed by atoms with van der Waals surface area (Å²) in [6.07, 6.45) is 2.36. The molecule has 1 atom stereocenters. The summed E-state index contributed by atoms with van der Waals surface area (Å²) in [5, 5.41) is 5.38. The van der Waals surface area contributed by atoms with Crippen LogP contribution < -0.4 is 0 Å². The van der Waals surface area contributed by atoms with Crippen molar-refractivity contribution >= 4 is 21.6 Å². The molecule has 0 spiro atoms. The van der Waals surface area contributed by atoms with Crippen LogP contribution in [0.25, 0.3) is 21.6 Å². The van der Waals surface area contributed by atoms with Crippen LogP contribution in [0.4, 0.5) is 0 Å². The zero-order chi connectivity index (χ0) is 18.1. The zero-order valence-electron chi connectivity index (χ0n) is 14.9. The number of hydrogen-bond donors (Lipinski definition) is 0. The number of hydrogen-bond acceptors (Lipinski definition) is 6. The van der Waals surface area contributed by atoms with Gasteiger partial charge >= 0.3 is 0 Å². The first-order chi connectivity index (χ1) is 13.3. The highest BCUT2D eigenvalue weighted by atomic mass is 32.1. The van der Waals surface area contributed by atoms with Crippen LogP contribution in [0.3, 0.4) is 0 Å². The van der Waals surface area contributed by atoms with E-state index in [9.17, 15) is 0 Å². The summed E-state index contributed by atoms with van der Waals surface area (Å²) in [5.74, 6) is 1.82. The second-order valence-corrected chi connectivity index (χ2v) is 8.03. The Hall–Kier alpha value is -2.57. The van der Waals surface area contributed by atoms with Crippen molar-refractivity contribution in [3.05, 3.63) is 65.5 Å². The first-order valence-electron chi connectivity index (χ1n) is 9.31. The fraction of sp³-hybridized carbons (Fsp3) is 0.286. The number of para-hydroxylation sites is 1. The van der Waals surface area contributed by atoms with Gasteiger partial charge in [-0.05, 0) is 31.5 Å². The third kappa shape index (κ3) is 3.50. The smallest absolute Gasteiger partial charge is 0.241 e. The molecule has 2 aromatic heterocycles. The van der Waals surface area contributed by atoms with E-state index in [1.54, 1.807) is 0 Å². The lowest BCUT2D eigenvalue weighted by molar-refractivity contribution is 0.177. The predicted molar refractivity (Wildman–Crippen MR) is 107 cm³/mol. The van der Waals surface area contributed by atoms with Crippen LogP contribution in [0.15, 0.2) is 59.1 Å². The third-order valence-electron chi connectivity index (χ3n) is 5.02. The van der Waals surface area contributed by atoms with Crippen molar-refractivity contribution in [2.45, 2.75) is 25.3 Å². The fourth-order valence-electron chi connectivity index (χ4n) is 3.68. The molecule has 6 heteroatoms. The normalized spacial score (nSPS) is 18.1. The van der Waals surface area contributed by atoms with Crippen molar-refractivity contribution in [3.63, 3.8) is 0 Å². The molecule has 3 heterocycles. The number of nitrogens with zero attached hydrogens (tertiary/aromatic N) is 4. The molecule has 27 heavy (non-hydrogen) atoms. The number of fused-ring (bicyclic) bond motifs is 1. The van der Waals surface area contributed by atoms with Gasteiger partial charge in [-0.25, -0.2) is 4.98 Å². The summed E-state index contributed by atoms with van der Waals surface area (Å²) >= 11 is 1.82. The standard InChI is InChI=1S/C21H20N4OS/c1-2-7-15(8-3-1)20-23-19(26-24-20)14-25-12-6-9-16(13-25)21-22-17-10-4-5-11-18(17)27-21/h1-5,7-8,10-11,16H,6,9,12-14H2. The van der Waals surface area contributed by atoms with Gasteiger partial charge < -0.3 is 4.52 Å². The van der Waals surface area contributed by atoms with Gasteiger partial charge in [-0.2, -0.15) is 4.98 Å². The van der Waals surface area contributed by atoms with E-state index in [2.05, 4.69) is 39.3 Å². The van der Waals surface area contributed by atoms with E-state index >= 15 is 0 Å². The quantitative estimate of drug-likeness (QED) is 0.515. The molecule has 0 N–H and O–H groups in total. The summed E-state index contributed by atoms with van der Waals surface area (Å²) in [6.45, 7) is 2.74. The summed E-state index contributed by atoms with van der Waals surface area (Å²) in [4.78, 5) is 11.8. The SMILES string of the molecule is c1ccc(-c2noc(CN3CCCC(c4nc5ccccc5s4)C3)n2)cc1. The van der Waals surface area contributed by atoms with E-state index in [0.717, 1.165) is 24.2 Å². The fourth-order valence-corrected chi connectivity index (χ4v) is 4.77. The van der Waals surface area contributed by atoms with Crippen molar-refractivity contribution in [2.75, 3.05) is 13.1 Å². The Morgan fingerprint density at radius 2 is 1.89 bits per heavy atom. The van der Waals surface area contributed by atoms with E-state index in [-0.39, 0.29) is 0 Å². The highest BCUT2D eigenvalue weighted by Gasteiger charge is 2.25. The van der Waals surface area contributed by atoms with Crippen molar-refractivity contribution in [2.24, 2.45) is 0 Å². The highest BCUT2D eigenvalue weighted by Crippen LogP contribution is 2.33. The Morgan fingerprint density at radius 3 is 2.78 bits per heavy atom. The highest BCUT2D eigenvalue weighted by molar-refractivity contribution is 7.18. The van der Waals surface area contributed by atoms with Crippen LogP contribution in [-0.4, -0.2) is 33.1 Å². The van der Waals surface area contributed by atoms with Crippen molar-refractivity contribution in [3.8, 4) is 11.4 Å². The minimum Gasteiger partial charge on any atom is -0.338 e. The first-order valence-corrected chi connectivity index (χ1v) is 10.1. The molecule has 1 aliphatic rings. The molecule has 5 rings (SSSR count). The molecule has 4 aromatic rings. The van der Waals surface area contributed by atoms with Crippen LogP contribution in [0.1, 0.15) is 29.7 Å². The Labute approximate surface area is 161 Å². The van der Waals surface area contributed by atoms with E-state index in [4.69, 9.17) is 9.51 Å². The van der Waals surface area contributed by atoms with Crippen LogP contribution in [-0.2, 0) is 6.54 Å². The van der Waals surface area contributed by atoms with Gasteiger partial charge in [0.1, 0.15) is 0 Å². The molecule has 0 amide bonds. The second-order valence-electron chi connectivity index (χ2n) is 6.97. The molecular formula is C21H20N4OS. The number of benzene rings is 2. The largest absolute Gasteiger partial charge is 0.338 e. The summed E-state index contributed by atoms with van der Waals surface area (Å²) in [7, 11) is 0. The maximum absolute atomic E-state index is 5.49. The predicted octanol–water partition coefficient (Wildman–Crippen LogP) is 4.73. The lowest BCUT2D eigenvalue weighted by atomic mass is 9.99. The molecule has 136 valence electrons. The van der Waals surface area contributed by atoms with Crippen molar-refractivity contribution in [1.29, 1.82) is 0 Å². The maximum atomic E-state index is 5.49. The number of rotatable bonds is 4. The average Bonchev–Trinajstić information content (AvgIpc) is 3.36. The van der Waals surface area contributed by atoms with Crippen molar-refractivity contribution in [1.82, 2.24) is 20.0 Å². The molecule has 0 aliphatic carbocycles. The molecule has 0 saturated carbocycles. The minimum atomic E-state index is 0.479. The number of likely N-dealkylation sites (tertiary alicyclic amines) is 1. The zero-order valence-corrected chi connectivity index (χ0v) is 15.7. The van der Waals surface area contributed by atoms with Crippen LogP contribution in [0, 0.1) is 0 Å². The summed E-state index contributed by atoms with van der Waals surface area (Å²) in [6, 6.07) is 18.3. The number of aromatic nitrogens is 3. The minimum absolute atomic E-state index is 0.479. The lowest BCUT2D eigenvalue weighted by Gasteiger charge is -2.30. The van der Waals surface area contributed by atoms with Gasteiger partial charge in [-0.3, -0.25) is 4.90 Å². The van der Waals surface area contributed by atoms with E-state index in [1.165, 1.54) is 22.5 Å². The average molecular weight is 376 g/mol. The molecule has 2 aromatic carbocycles. The van der Waals surface area contributed by atoms with Crippen LogP contribution >= 0.6 is 11.3 Å². The molecule has 0 bridgehead atoms. The Kier molecular flexibility index (Phi) is 4.43. The van der Waals surface area contributed by atoms with Gasteiger partial charge in [0, 0.05) is 18.0 Å². The maximum Gasteiger partial charge on any atom is 0.241 e. The van der Waals surface area contributed by atoms with Crippen LogP contribution in [0.2, 0.25) is 0 Å².